The number of nitrogens with two attached hydrogens (primary N) is 1. The van der Waals surface area contributed by atoms with Crippen LogP contribution >= 0.6 is 0 Å². The van der Waals surface area contributed by atoms with Gasteiger partial charge in [0.2, 0.25) is 0 Å². The summed E-state index contributed by atoms with van der Waals surface area (Å²) < 4.78 is 27.0. The predicted molar refractivity (Wildman–Crippen MR) is 127 cm³/mol. The number of aliphatic carboxylic acids is 2. The minimum Gasteiger partial charge on any atom is -0.494 e. The van der Waals surface area contributed by atoms with Gasteiger partial charge < -0.3 is 30.7 Å². The Balaban J connectivity index is 1.85. The highest BCUT2D eigenvalue weighted by atomic mass is 19.1. The van der Waals surface area contributed by atoms with Crippen molar-refractivity contribution < 1.29 is 33.7 Å². The first-order valence-corrected chi connectivity index (χ1v) is 11.2. The highest BCUT2D eigenvalue weighted by molar-refractivity contribution is 5.95. The van der Waals surface area contributed by atoms with Crippen LogP contribution in [-0.2, 0) is 9.59 Å². The Morgan fingerprint density at radius 3 is 2.43 bits per heavy atom. The average molecular weight is 489 g/mol. The number of anilines is 1. The van der Waals surface area contributed by atoms with Crippen molar-refractivity contribution in [1.29, 1.82) is 5.41 Å². The summed E-state index contributed by atoms with van der Waals surface area (Å²) in [5.74, 6) is -3.02. The van der Waals surface area contributed by atoms with Crippen LogP contribution < -0.4 is 20.5 Å². The number of nitrogens with zero attached hydrogens (tertiary/aromatic N) is 1. The molecule has 1 aliphatic rings. The highest BCUT2D eigenvalue weighted by Gasteiger charge is 2.29. The van der Waals surface area contributed by atoms with Gasteiger partial charge in [-0.25, -0.2) is 9.18 Å². The van der Waals surface area contributed by atoms with Gasteiger partial charge in [0.15, 0.2) is 17.6 Å². The number of ether oxygens (including phenoxy) is 2. The van der Waals surface area contributed by atoms with Crippen molar-refractivity contribution >= 4 is 23.5 Å². The molecular weight excluding hydrogens is 459 g/mol. The van der Waals surface area contributed by atoms with Crippen LogP contribution in [0.4, 0.5) is 10.1 Å². The number of benzene rings is 2. The molecule has 188 valence electrons. The normalized spacial score (nSPS) is 15.3. The number of carbonyl (C=O) groups is 2. The minimum absolute atomic E-state index is 0.0651. The number of piperidine rings is 1. The Labute approximate surface area is 202 Å². The Bertz CT molecular complexity index is 1070. The summed E-state index contributed by atoms with van der Waals surface area (Å²) in [6.07, 6.45) is 0.656. The molecule has 11 heteroatoms. The van der Waals surface area contributed by atoms with Gasteiger partial charge in [-0.3, -0.25) is 15.1 Å². The SMILES string of the molecule is CCOc1cc(OC2CCN(CC(=O)O)CC2)c(F)c(C(Nc2ccc(C(=N)N)cc2)C(=O)O)c1. The van der Waals surface area contributed by atoms with E-state index in [4.69, 9.17) is 25.7 Å². The second-order valence-corrected chi connectivity index (χ2v) is 8.15. The molecule has 0 amide bonds. The molecule has 1 fully saturated rings. The van der Waals surface area contributed by atoms with Crippen LogP contribution in [0.3, 0.4) is 0 Å². The molecule has 2 aromatic rings. The van der Waals surface area contributed by atoms with Crippen molar-refractivity contribution in [3.63, 3.8) is 0 Å². The number of hydrogen-bond donors (Lipinski definition) is 5. The van der Waals surface area contributed by atoms with Crippen LogP contribution in [0.15, 0.2) is 36.4 Å². The molecule has 1 saturated heterocycles. The van der Waals surface area contributed by atoms with Crippen LogP contribution in [0.1, 0.15) is 36.9 Å². The van der Waals surface area contributed by atoms with Gasteiger partial charge in [0.25, 0.3) is 0 Å². The zero-order chi connectivity index (χ0) is 25.5. The number of nitrogen functional groups attached to an aromatic ring is 1. The van der Waals surface area contributed by atoms with E-state index in [0.29, 0.717) is 37.2 Å². The number of rotatable bonds is 11. The molecule has 1 atom stereocenters. The standard InChI is InChI=1S/C24H29FN4O6/c1-2-34-17-11-18(22(24(32)33)28-15-5-3-14(4-6-15)23(26)27)21(25)19(12-17)35-16-7-9-29(10-8-16)13-20(30)31/h3-6,11-12,16,22,28H,2,7-10,13H2,1H3,(H3,26,27)(H,30,31)(H,32,33). The van der Waals surface area contributed by atoms with E-state index in [-0.39, 0.29) is 42.2 Å². The van der Waals surface area contributed by atoms with E-state index in [9.17, 15) is 14.7 Å². The van der Waals surface area contributed by atoms with E-state index in [1.54, 1.807) is 36.1 Å². The second-order valence-electron chi connectivity index (χ2n) is 8.15. The summed E-state index contributed by atoms with van der Waals surface area (Å²) in [5, 5.41) is 29.1. The number of carboxylic acids is 2. The summed E-state index contributed by atoms with van der Waals surface area (Å²) in [7, 11) is 0. The molecule has 2 aromatic carbocycles. The number of likely N-dealkylation sites (tertiary alicyclic amines) is 1. The van der Waals surface area contributed by atoms with Crippen LogP contribution in [-0.4, -0.2) is 65.2 Å². The first-order valence-electron chi connectivity index (χ1n) is 11.2. The summed E-state index contributed by atoms with van der Waals surface area (Å²) in [5.41, 5.74) is 6.17. The molecule has 0 spiro atoms. The lowest BCUT2D eigenvalue weighted by Crippen LogP contribution is -2.40. The van der Waals surface area contributed by atoms with Gasteiger partial charge in [-0.05, 0) is 50.1 Å². The van der Waals surface area contributed by atoms with Crippen molar-refractivity contribution in [1.82, 2.24) is 4.90 Å². The van der Waals surface area contributed by atoms with Gasteiger partial charge in [0.05, 0.1) is 13.2 Å². The Morgan fingerprint density at radius 2 is 1.89 bits per heavy atom. The maximum atomic E-state index is 15.6. The van der Waals surface area contributed by atoms with Gasteiger partial charge in [0, 0.05) is 36.0 Å². The fraction of sp³-hybridized carbons (Fsp3) is 0.375. The van der Waals surface area contributed by atoms with Crippen LogP contribution in [0.2, 0.25) is 0 Å². The van der Waals surface area contributed by atoms with Crippen LogP contribution in [0.25, 0.3) is 0 Å². The molecule has 0 radical (unpaired) electrons. The van der Waals surface area contributed by atoms with Crippen molar-refractivity contribution in [2.45, 2.75) is 31.9 Å². The van der Waals surface area contributed by atoms with Gasteiger partial charge in [-0.2, -0.15) is 0 Å². The number of hydrogen-bond acceptors (Lipinski definition) is 7. The van der Waals surface area contributed by atoms with Crippen molar-refractivity contribution in [2.24, 2.45) is 5.73 Å². The monoisotopic (exact) mass is 488 g/mol. The molecule has 0 aromatic heterocycles. The lowest BCUT2D eigenvalue weighted by Gasteiger charge is -2.31. The summed E-state index contributed by atoms with van der Waals surface area (Å²) >= 11 is 0. The number of halogens is 1. The molecule has 3 rings (SSSR count). The quantitative estimate of drug-likeness (QED) is 0.237. The molecular formula is C24H29FN4O6. The highest BCUT2D eigenvalue weighted by Crippen LogP contribution is 2.34. The first kappa shape index (κ1) is 25.8. The third kappa shape index (κ3) is 6.82. The zero-order valence-electron chi connectivity index (χ0n) is 19.3. The van der Waals surface area contributed by atoms with Crippen molar-refractivity contribution in [3.8, 4) is 11.5 Å². The topological polar surface area (TPSA) is 158 Å². The summed E-state index contributed by atoms with van der Waals surface area (Å²) in [6.45, 7) is 2.96. The Morgan fingerprint density at radius 1 is 1.23 bits per heavy atom. The van der Waals surface area contributed by atoms with E-state index >= 15 is 4.39 Å². The molecule has 1 unspecified atom stereocenters. The summed E-state index contributed by atoms with van der Waals surface area (Å²) in [4.78, 5) is 24.8. The molecule has 6 N–H and O–H groups in total. The molecule has 35 heavy (non-hydrogen) atoms. The van der Waals surface area contributed by atoms with Crippen molar-refractivity contribution in [3.05, 3.63) is 53.3 Å². The van der Waals surface area contributed by atoms with E-state index in [2.05, 4.69) is 5.32 Å². The molecule has 1 aliphatic heterocycles. The molecule has 0 saturated carbocycles. The van der Waals surface area contributed by atoms with Gasteiger partial charge in [0.1, 0.15) is 17.7 Å². The number of carboxylic acid groups (broad SMARTS) is 2. The van der Waals surface area contributed by atoms with E-state index < -0.39 is 23.8 Å². The largest absolute Gasteiger partial charge is 0.494 e. The van der Waals surface area contributed by atoms with Crippen molar-refractivity contribution in [2.75, 3.05) is 31.6 Å². The second kappa shape index (κ2) is 11.5. The Kier molecular flexibility index (Phi) is 8.48. The predicted octanol–water partition coefficient (Wildman–Crippen LogP) is 2.67. The van der Waals surface area contributed by atoms with Gasteiger partial charge in [-0.15, -0.1) is 0 Å². The number of nitrogens with one attached hydrogen (secondary N) is 2. The van der Waals surface area contributed by atoms with E-state index in [1.807, 2.05) is 0 Å². The Hall–Kier alpha value is -3.86. The fourth-order valence-electron chi connectivity index (χ4n) is 3.88. The molecule has 0 aliphatic carbocycles. The zero-order valence-corrected chi connectivity index (χ0v) is 19.3. The molecule has 0 bridgehead atoms. The smallest absolute Gasteiger partial charge is 0.330 e. The maximum absolute atomic E-state index is 15.6. The lowest BCUT2D eigenvalue weighted by molar-refractivity contribution is -0.139. The average Bonchev–Trinajstić information content (AvgIpc) is 2.81. The van der Waals surface area contributed by atoms with Crippen LogP contribution in [0, 0.1) is 11.2 Å². The first-order chi connectivity index (χ1) is 16.7. The third-order valence-electron chi connectivity index (χ3n) is 5.60. The summed E-state index contributed by atoms with van der Waals surface area (Å²) in [6, 6.07) is 7.50. The third-order valence-corrected chi connectivity index (χ3v) is 5.60. The molecule has 10 nitrogen and oxygen atoms in total. The van der Waals surface area contributed by atoms with E-state index in [1.165, 1.54) is 12.1 Å². The van der Waals surface area contributed by atoms with Gasteiger partial charge in [-0.1, -0.05) is 0 Å². The van der Waals surface area contributed by atoms with Gasteiger partial charge >= 0.3 is 11.9 Å². The number of amidine groups is 1. The lowest BCUT2D eigenvalue weighted by atomic mass is 10.0. The minimum atomic E-state index is -1.45. The van der Waals surface area contributed by atoms with Crippen LogP contribution in [0.5, 0.6) is 11.5 Å². The van der Waals surface area contributed by atoms with E-state index in [0.717, 1.165) is 0 Å². The maximum Gasteiger partial charge on any atom is 0.330 e. The fourth-order valence-corrected chi connectivity index (χ4v) is 3.88. The molecule has 1 heterocycles.